The molecule has 1 aliphatic heterocycles. The van der Waals surface area contributed by atoms with Crippen LogP contribution in [-0.4, -0.2) is 25.6 Å². The fourth-order valence-electron chi connectivity index (χ4n) is 2.14. The van der Waals surface area contributed by atoms with Gasteiger partial charge in [0.25, 0.3) is 0 Å². The first-order valence-electron chi connectivity index (χ1n) is 6.37. The highest BCUT2D eigenvalue weighted by Crippen LogP contribution is 2.20. The summed E-state index contributed by atoms with van der Waals surface area (Å²) in [6.45, 7) is 2.91. The Morgan fingerprint density at radius 1 is 1.56 bits per heavy atom. The van der Waals surface area contributed by atoms with Gasteiger partial charge in [-0.1, -0.05) is 12.1 Å². The molecule has 4 nitrogen and oxygen atoms in total. The molecule has 2 rings (SSSR count). The average molecular weight is 248 g/mol. The van der Waals surface area contributed by atoms with Gasteiger partial charge >= 0.3 is 0 Å². The van der Waals surface area contributed by atoms with Crippen molar-refractivity contribution < 1.29 is 9.53 Å². The number of hydrogen-bond acceptors (Lipinski definition) is 3. The van der Waals surface area contributed by atoms with Crippen LogP contribution in [0.5, 0.6) is 0 Å². The molecule has 2 atom stereocenters. The molecule has 1 fully saturated rings. The van der Waals surface area contributed by atoms with Gasteiger partial charge in [0, 0.05) is 12.8 Å². The predicted octanol–water partition coefficient (Wildman–Crippen LogP) is 2.08. The van der Waals surface area contributed by atoms with Gasteiger partial charge in [0.15, 0.2) is 0 Å². The van der Waals surface area contributed by atoms with Crippen LogP contribution in [0.1, 0.15) is 31.4 Å². The van der Waals surface area contributed by atoms with E-state index in [1.165, 1.54) is 0 Å². The number of nitrogens with one attached hydrogen (secondary N) is 2. The second-order valence-electron chi connectivity index (χ2n) is 4.64. The number of hydrogen-bond donors (Lipinski definition) is 2. The second kappa shape index (κ2) is 5.98. The number of anilines is 1. The minimum absolute atomic E-state index is 0.0338. The van der Waals surface area contributed by atoms with E-state index >= 15 is 0 Å². The van der Waals surface area contributed by atoms with Gasteiger partial charge in [-0.3, -0.25) is 4.79 Å². The Balaban J connectivity index is 2.02. The summed E-state index contributed by atoms with van der Waals surface area (Å²) in [5.41, 5.74) is 1.89. The maximum absolute atomic E-state index is 12.0. The van der Waals surface area contributed by atoms with E-state index in [4.69, 9.17) is 4.74 Å². The molecule has 1 amide bonds. The third-order valence-electron chi connectivity index (χ3n) is 3.35. The molecule has 0 spiro atoms. The summed E-state index contributed by atoms with van der Waals surface area (Å²) < 4.78 is 5.27. The van der Waals surface area contributed by atoms with Gasteiger partial charge in [-0.2, -0.15) is 0 Å². The molecule has 1 aromatic rings. The highest BCUT2D eigenvalue weighted by Gasteiger charge is 2.21. The topological polar surface area (TPSA) is 50.4 Å². The van der Waals surface area contributed by atoms with Crippen molar-refractivity contribution >= 4 is 11.6 Å². The van der Waals surface area contributed by atoms with Crippen molar-refractivity contribution in [3.05, 3.63) is 29.8 Å². The van der Waals surface area contributed by atoms with Gasteiger partial charge in [0.2, 0.25) is 5.91 Å². The molecule has 2 N–H and O–H groups in total. The third-order valence-corrected chi connectivity index (χ3v) is 3.35. The molecule has 1 heterocycles. The first kappa shape index (κ1) is 13.1. The molecule has 4 heteroatoms. The zero-order valence-corrected chi connectivity index (χ0v) is 10.9. The summed E-state index contributed by atoms with van der Waals surface area (Å²) >= 11 is 0. The molecule has 18 heavy (non-hydrogen) atoms. The number of carbonyl (C=O) groups excluding carboxylic acids is 1. The predicted molar refractivity (Wildman–Crippen MR) is 71.5 cm³/mol. The van der Waals surface area contributed by atoms with Crippen molar-refractivity contribution in [3.63, 3.8) is 0 Å². The standard InChI is InChI=1S/C14H20N2O2/c1-10(18-2)11-5-3-6-12(9-11)16-14(17)13-7-4-8-15-13/h3,5-6,9-10,13,15H,4,7-8H2,1-2H3,(H,16,17). The lowest BCUT2D eigenvalue weighted by atomic mass is 10.1. The molecular weight excluding hydrogens is 228 g/mol. The van der Waals surface area contributed by atoms with Crippen LogP contribution in [0.2, 0.25) is 0 Å². The third kappa shape index (κ3) is 3.09. The summed E-state index contributed by atoms with van der Waals surface area (Å²) in [4.78, 5) is 12.0. The Hall–Kier alpha value is -1.39. The molecule has 0 aliphatic carbocycles. The number of methoxy groups -OCH3 is 1. The first-order valence-corrected chi connectivity index (χ1v) is 6.37. The van der Waals surface area contributed by atoms with Crippen LogP contribution in [0.4, 0.5) is 5.69 Å². The van der Waals surface area contributed by atoms with Crippen LogP contribution in [-0.2, 0) is 9.53 Å². The molecule has 1 saturated heterocycles. The Kier molecular flexibility index (Phi) is 4.33. The highest BCUT2D eigenvalue weighted by molar-refractivity contribution is 5.95. The zero-order valence-electron chi connectivity index (χ0n) is 10.9. The molecule has 0 bridgehead atoms. The van der Waals surface area contributed by atoms with Gasteiger partial charge in [0.1, 0.15) is 0 Å². The summed E-state index contributed by atoms with van der Waals surface area (Å²) in [7, 11) is 1.68. The molecule has 1 aromatic carbocycles. The lowest BCUT2D eigenvalue weighted by molar-refractivity contribution is -0.117. The van der Waals surface area contributed by atoms with E-state index in [1.807, 2.05) is 31.2 Å². The van der Waals surface area contributed by atoms with E-state index < -0.39 is 0 Å². The largest absolute Gasteiger partial charge is 0.377 e. The van der Waals surface area contributed by atoms with Crippen molar-refractivity contribution in [3.8, 4) is 0 Å². The monoisotopic (exact) mass is 248 g/mol. The minimum atomic E-state index is -0.0477. The smallest absolute Gasteiger partial charge is 0.241 e. The van der Waals surface area contributed by atoms with Gasteiger partial charge in [-0.25, -0.2) is 0 Å². The Labute approximate surface area is 108 Å². The van der Waals surface area contributed by atoms with Gasteiger partial charge in [0.05, 0.1) is 12.1 Å². The lowest BCUT2D eigenvalue weighted by Crippen LogP contribution is -2.35. The molecular formula is C14H20N2O2. The number of benzene rings is 1. The minimum Gasteiger partial charge on any atom is -0.377 e. The molecule has 1 aliphatic rings. The Bertz CT molecular complexity index is 414. The number of ether oxygens (including phenoxy) is 1. The van der Waals surface area contributed by atoms with Gasteiger partial charge < -0.3 is 15.4 Å². The van der Waals surface area contributed by atoms with Crippen molar-refractivity contribution in [1.29, 1.82) is 0 Å². The molecule has 0 radical (unpaired) electrons. The molecule has 0 aromatic heterocycles. The van der Waals surface area contributed by atoms with Crippen molar-refractivity contribution in [2.24, 2.45) is 0 Å². The van der Waals surface area contributed by atoms with E-state index in [1.54, 1.807) is 7.11 Å². The number of carbonyl (C=O) groups is 1. The number of amides is 1. The Morgan fingerprint density at radius 3 is 3.06 bits per heavy atom. The van der Waals surface area contributed by atoms with Crippen molar-refractivity contribution in [2.45, 2.75) is 31.9 Å². The van der Waals surface area contributed by atoms with Gasteiger partial charge in [-0.15, -0.1) is 0 Å². The molecule has 0 saturated carbocycles. The second-order valence-corrected chi connectivity index (χ2v) is 4.64. The maximum atomic E-state index is 12.0. The Morgan fingerprint density at radius 2 is 2.39 bits per heavy atom. The summed E-state index contributed by atoms with van der Waals surface area (Å²) in [5, 5.41) is 6.13. The summed E-state index contributed by atoms with van der Waals surface area (Å²) in [6.07, 6.45) is 2.02. The maximum Gasteiger partial charge on any atom is 0.241 e. The van der Waals surface area contributed by atoms with Crippen molar-refractivity contribution in [1.82, 2.24) is 5.32 Å². The van der Waals surface area contributed by atoms with Crippen LogP contribution in [0.3, 0.4) is 0 Å². The lowest BCUT2D eigenvalue weighted by Gasteiger charge is -2.14. The fraction of sp³-hybridized carbons (Fsp3) is 0.500. The zero-order chi connectivity index (χ0) is 13.0. The summed E-state index contributed by atoms with van der Waals surface area (Å²) in [6, 6.07) is 7.74. The quantitative estimate of drug-likeness (QED) is 0.857. The molecule has 2 unspecified atom stereocenters. The molecule has 98 valence electrons. The highest BCUT2D eigenvalue weighted by atomic mass is 16.5. The van der Waals surface area contributed by atoms with E-state index in [0.29, 0.717) is 0 Å². The van der Waals surface area contributed by atoms with Crippen LogP contribution < -0.4 is 10.6 Å². The summed E-state index contributed by atoms with van der Waals surface area (Å²) in [5.74, 6) is 0.0507. The van der Waals surface area contributed by atoms with Gasteiger partial charge in [-0.05, 0) is 44.0 Å². The van der Waals surface area contributed by atoms with Crippen LogP contribution in [0.15, 0.2) is 24.3 Å². The number of rotatable bonds is 4. The van der Waals surface area contributed by atoms with E-state index in [9.17, 15) is 4.79 Å². The van der Waals surface area contributed by atoms with E-state index in [0.717, 1.165) is 30.6 Å². The van der Waals surface area contributed by atoms with E-state index in [2.05, 4.69) is 10.6 Å². The van der Waals surface area contributed by atoms with Crippen LogP contribution >= 0.6 is 0 Å². The van der Waals surface area contributed by atoms with Crippen molar-refractivity contribution in [2.75, 3.05) is 19.0 Å². The SMILES string of the molecule is COC(C)c1cccc(NC(=O)C2CCCN2)c1. The fourth-order valence-corrected chi connectivity index (χ4v) is 2.14. The van der Waals surface area contributed by atoms with Crippen LogP contribution in [0, 0.1) is 0 Å². The van der Waals surface area contributed by atoms with E-state index in [-0.39, 0.29) is 18.1 Å². The normalized spacial score (nSPS) is 20.7. The first-order chi connectivity index (χ1) is 8.70. The van der Waals surface area contributed by atoms with Crippen LogP contribution in [0.25, 0.3) is 0 Å². The average Bonchev–Trinajstić information content (AvgIpc) is 2.92.